The van der Waals surface area contributed by atoms with Crippen molar-refractivity contribution >= 4 is 28.3 Å². The first-order valence-electron chi connectivity index (χ1n) is 12.6. The Morgan fingerprint density at radius 1 is 1.11 bits per heavy atom. The Labute approximate surface area is 205 Å². The number of aliphatic hydroxyl groups excluding tert-OH is 1. The van der Waals surface area contributed by atoms with E-state index in [0.29, 0.717) is 23.6 Å². The molecule has 3 aliphatic rings. The first-order valence-corrected chi connectivity index (χ1v) is 12.6. The van der Waals surface area contributed by atoms with Gasteiger partial charge in [-0.2, -0.15) is 0 Å². The summed E-state index contributed by atoms with van der Waals surface area (Å²) in [6.45, 7) is 2.52. The van der Waals surface area contributed by atoms with Crippen LogP contribution < -0.4 is 5.73 Å². The summed E-state index contributed by atoms with van der Waals surface area (Å²) in [6, 6.07) is 10.4. The largest absolute Gasteiger partial charge is 0.396 e. The molecule has 3 heterocycles. The molecule has 2 unspecified atom stereocenters. The lowest BCUT2D eigenvalue weighted by Crippen LogP contribution is -2.23. The predicted octanol–water partition coefficient (Wildman–Crippen LogP) is 5.28. The predicted molar refractivity (Wildman–Crippen MR) is 141 cm³/mol. The van der Waals surface area contributed by atoms with Gasteiger partial charge in [-0.1, -0.05) is 55.5 Å². The number of aliphatic hydroxyl groups is 1. The molecule has 3 N–H and O–H groups in total. The summed E-state index contributed by atoms with van der Waals surface area (Å²) in [5.41, 5.74) is 12.4. The third-order valence-corrected chi connectivity index (χ3v) is 7.79. The van der Waals surface area contributed by atoms with Crippen LogP contribution in [0.2, 0.25) is 0 Å². The monoisotopic (exact) mass is 465 g/mol. The summed E-state index contributed by atoms with van der Waals surface area (Å²) in [5, 5.41) is 9.56. The van der Waals surface area contributed by atoms with E-state index in [9.17, 15) is 5.11 Å². The number of nitrogen functional groups attached to an aromatic ring is 1. The number of hydrogen-bond acceptors (Lipinski definition) is 5. The van der Waals surface area contributed by atoms with Crippen molar-refractivity contribution in [2.75, 3.05) is 12.3 Å². The Bertz CT molecular complexity index is 1370. The fourth-order valence-corrected chi connectivity index (χ4v) is 5.79. The van der Waals surface area contributed by atoms with Gasteiger partial charge in [-0.3, -0.25) is 9.39 Å². The summed E-state index contributed by atoms with van der Waals surface area (Å²) < 4.78 is 2.13. The summed E-state index contributed by atoms with van der Waals surface area (Å²) in [7, 11) is 0. The molecule has 2 atom stereocenters. The molecule has 3 aromatic rings. The van der Waals surface area contributed by atoms with Crippen molar-refractivity contribution in [2.45, 2.75) is 38.5 Å². The van der Waals surface area contributed by atoms with E-state index in [1.165, 1.54) is 0 Å². The van der Waals surface area contributed by atoms with Gasteiger partial charge >= 0.3 is 0 Å². The summed E-state index contributed by atoms with van der Waals surface area (Å²) in [6.07, 6.45) is 16.7. The van der Waals surface area contributed by atoms with Crippen molar-refractivity contribution in [3.8, 4) is 0 Å². The van der Waals surface area contributed by atoms with Gasteiger partial charge < -0.3 is 10.8 Å². The van der Waals surface area contributed by atoms with Gasteiger partial charge in [0.25, 0.3) is 0 Å². The van der Waals surface area contributed by atoms with Gasteiger partial charge in [0.1, 0.15) is 22.9 Å². The molecule has 1 saturated carbocycles. The van der Waals surface area contributed by atoms with Crippen molar-refractivity contribution < 1.29 is 5.11 Å². The maximum atomic E-state index is 9.56. The molecule has 0 amide bonds. The number of allylic oxidation sites excluding steroid dienone is 5. The van der Waals surface area contributed by atoms with Crippen LogP contribution >= 0.6 is 0 Å². The highest BCUT2D eigenvalue weighted by molar-refractivity contribution is 6.11. The number of aliphatic imine (C=N–C) groups is 1. The van der Waals surface area contributed by atoms with Gasteiger partial charge in [-0.15, -0.1) is 0 Å². The second-order valence-corrected chi connectivity index (χ2v) is 10.0. The van der Waals surface area contributed by atoms with Gasteiger partial charge in [0.2, 0.25) is 0 Å². The van der Waals surface area contributed by atoms with Crippen LogP contribution in [0.15, 0.2) is 72.0 Å². The average Bonchev–Trinajstić information content (AvgIpc) is 3.30. The third kappa shape index (κ3) is 3.92. The normalized spacial score (nSPS) is 26.2. The van der Waals surface area contributed by atoms with Crippen LogP contribution in [-0.2, 0) is 0 Å². The third-order valence-electron chi connectivity index (χ3n) is 7.79. The van der Waals surface area contributed by atoms with Crippen LogP contribution in [0, 0.1) is 17.8 Å². The molecule has 1 aromatic carbocycles. The fraction of sp³-hybridized carbons (Fsp3) is 0.345. The smallest absolute Gasteiger partial charge is 0.150 e. The van der Waals surface area contributed by atoms with Crippen LogP contribution in [0.3, 0.4) is 0 Å². The highest BCUT2D eigenvalue weighted by atomic mass is 16.3. The molecule has 0 saturated heterocycles. The molecule has 1 fully saturated rings. The molecular formula is C29H31N5O. The molecule has 6 heteroatoms. The molecular weight excluding hydrogens is 434 g/mol. The number of benzene rings is 1. The fourth-order valence-electron chi connectivity index (χ4n) is 5.79. The highest BCUT2D eigenvalue weighted by Crippen LogP contribution is 2.39. The van der Waals surface area contributed by atoms with Crippen molar-refractivity contribution in [3.05, 3.63) is 84.1 Å². The van der Waals surface area contributed by atoms with Crippen LogP contribution in [0.5, 0.6) is 0 Å². The molecule has 0 radical (unpaired) electrons. The number of nitrogens with zero attached hydrogens (tertiary/aromatic N) is 4. The lowest BCUT2D eigenvalue weighted by Gasteiger charge is -2.27. The van der Waals surface area contributed by atoms with Gasteiger partial charge in [-0.25, -0.2) is 9.97 Å². The molecule has 2 aliphatic carbocycles. The summed E-state index contributed by atoms with van der Waals surface area (Å²) in [4.78, 5) is 14.6. The Morgan fingerprint density at radius 3 is 2.69 bits per heavy atom. The maximum Gasteiger partial charge on any atom is 0.150 e. The van der Waals surface area contributed by atoms with Gasteiger partial charge in [0, 0.05) is 42.1 Å². The molecule has 6 nitrogen and oxygen atoms in total. The minimum atomic E-state index is 0.254. The number of imidazole rings is 1. The Balaban J connectivity index is 1.41. The van der Waals surface area contributed by atoms with E-state index in [-0.39, 0.29) is 12.5 Å². The zero-order valence-corrected chi connectivity index (χ0v) is 20.0. The first kappa shape index (κ1) is 22.0. The Morgan fingerprint density at radius 2 is 1.91 bits per heavy atom. The number of rotatable bonds is 4. The minimum Gasteiger partial charge on any atom is -0.396 e. The van der Waals surface area contributed by atoms with Crippen molar-refractivity contribution in [1.29, 1.82) is 0 Å². The number of anilines is 1. The molecule has 178 valence electrons. The van der Waals surface area contributed by atoms with E-state index in [2.05, 4.69) is 64.9 Å². The van der Waals surface area contributed by atoms with Crippen molar-refractivity contribution in [1.82, 2.24) is 14.4 Å². The van der Waals surface area contributed by atoms with E-state index in [4.69, 9.17) is 15.7 Å². The quantitative estimate of drug-likeness (QED) is 0.549. The van der Waals surface area contributed by atoms with Crippen LogP contribution in [0.1, 0.15) is 55.6 Å². The SMILES string of the molecule is CC1C=C(c2ccccc2)N=C2C=C(c3nc(C4CCC(CO)CC4)n4ccnc(N)c34)C=CC21. The standard InChI is InChI=1S/C29H31N5O/c1-18-15-24(20-5-3-2-4-6-20)32-25-16-22(11-12-23(18)25)26-27-28(30)31-13-14-34(27)29(33-26)21-9-7-19(17-35)8-10-21/h2-6,11-16,18-19,21,23,35H,7-10,17H2,1H3,(H2,30,31). The number of nitrogens with two attached hydrogens (primary N) is 1. The van der Waals surface area contributed by atoms with Gasteiger partial charge in [-0.05, 0) is 49.2 Å². The van der Waals surface area contributed by atoms with E-state index in [0.717, 1.165) is 65.3 Å². The number of aromatic nitrogens is 3. The second-order valence-electron chi connectivity index (χ2n) is 10.0. The van der Waals surface area contributed by atoms with Crippen LogP contribution in [-0.4, -0.2) is 31.8 Å². The maximum absolute atomic E-state index is 9.56. The zero-order chi connectivity index (χ0) is 23.9. The number of fused-ring (bicyclic) bond motifs is 2. The summed E-state index contributed by atoms with van der Waals surface area (Å²) >= 11 is 0. The minimum absolute atomic E-state index is 0.254. The molecule has 0 bridgehead atoms. The van der Waals surface area contributed by atoms with Crippen molar-refractivity contribution in [3.63, 3.8) is 0 Å². The lowest BCUT2D eigenvalue weighted by molar-refractivity contribution is 0.181. The molecule has 0 spiro atoms. The Hall–Kier alpha value is -3.51. The second kappa shape index (κ2) is 8.93. The number of hydrogen-bond donors (Lipinski definition) is 2. The zero-order valence-electron chi connectivity index (χ0n) is 20.0. The van der Waals surface area contributed by atoms with E-state index < -0.39 is 0 Å². The van der Waals surface area contributed by atoms with E-state index in [1.54, 1.807) is 6.20 Å². The molecule has 6 rings (SSSR count). The average molecular weight is 466 g/mol. The van der Waals surface area contributed by atoms with Gasteiger partial charge in [0.05, 0.1) is 5.70 Å². The van der Waals surface area contributed by atoms with Gasteiger partial charge in [0.15, 0.2) is 0 Å². The first-order chi connectivity index (χ1) is 17.1. The molecule has 1 aliphatic heterocycles. The van der Waals surface area contributed by atoms with Crippen molar-refractivity contribution in [2.24, 2.45) is 22.7 Å². The highest BCUT2D eigenvalue weighted by Gasteiger charge is 2.30. The topological polar surface area (TPSA) is 88.8 Å². The molecule has 35 heavy (non-hydrogen) atoms. The lowest BCUT2D eigenvalue weighted by atomic mass is 9.81. The Kier molecular flexibility index (Phi) is 5.61. The van der Waals surface area contributed by atoms with Crippen LogP contribution in [0.25, 0.3) is 16.8 Å². The molecule has 2 aromatic heterocycles. The van der Waals surface area contributed by atoms with Crippen LogP contribution in [0.4, 0.5) is 5.82 Å². The summed E-state index contributed by atoms with van der Waals surface area (Å²) in [5.74, 6) is 2.90. The van der Waals surface area contributed by atoms with E-state index >= 15 is 0 Å². The van der Waals surface area contributed by atoms with E-state index in [1.807, 2.05) is 12.3 Å².